The summed E-state index contributed by atoms with van der Waals surface area (Å²) in [6, 6.07) is 1.52. The van der Waals surface area contributed by atoms with E-state index in [1.807, 2.05) is 0 Å². The molecule has 22 heavy (non-hydrogen) atoms. The van der Waals surface area contributed by atoms with Crippen LogP contribution in [0.15, 0.2) is 23.1 Å². The average Bonchev–Trinajstić information content (AvgIpc) is 2.36. The zero-order valence-corrected chi connectivity index (χ0v) is 13.4. The number of nitrogens with one attached hydrogen (secondary N) is 1. The molecule has 1 N–H and O–H groups in total. The monoisotopic (exact) mass is 354 g/mol. The van der Waals surface area contributed by atoms with Crippen molar-refractivity contribution in [3.05, 3.63) is 29.8 Å². The summed E-state index contributed by atoms with van der Waals surface area (Å²) in [6.45, 7) is 0.308. The van der Waals surface area contributed by atoms with Crippen molar-refractivity contribution in [2.75, 3.05) is 19.3 Å². The van der Waals surface area contributed by atoms with Crippen molar-refractivity contribution in [3.63, 3.8) is 0 Å². The Kier molecular flexibility index (Phi) is 4.85. The standard InChI is InChI=1S/C12H16F2N2O4S2/c1-21(17,18)16-6-2-3-10(8-16)15-22(19,20)12-5-4-9(13)7-11(12)14/h4-5,7,10,15H,2-3,6,8H2,1H3. The molecule has 1 aromatic rings. The van der Waals surface area contributed by atoms with Gasteiger partial charge in [0.2, 0.25) is 20.0 Å². The zero-order valence-electron chi connectivity index (χ0n) is 11.8. The quantitative estimate of drug-likeness (QED) is 0.861. The van der Waals surface area contributed by atoms with Crippen molar-refractivity contribution >= 4 is 20.0 Å². The molecule has 0 radical (unpaired) electrons. The number of benzene rings is 1. The van der Waals surface area contributed by atoms with Crippen molar-refractivity contribution < 1.29 is 25.6 Å². The predicted octanol–water partition coefficient (Wildman–Crippen LogP) is 0.667. The first-order valence-electron chi connectivity index (χ1n) is 6.52. The molecule has 1 aromatic carbocycles. The lowest BCUT2D eigenvalue weighted by atomic mass is 10.1. The second-order valence-electron chi connectivity index (χ2n) is 5.16. The van der Waals surface area contributed by atoms with Crippen LogP contribution in [-0.2, 0) is 20.0 Å². The number of nitrogens with zero attached hydrogens (tertiary/aromatic N) is 1. The van der Waals surface area contributed by atoms with Gasteiger partial charge >= 0.3 is 0 Å². The van der Waals surface area contributed by atoms with Crippen LogP contribution in [0.1, 0.15) is 12.8 Å². The van der Waals surface area contributed by atoms with E-state index in [4.69, 9.17) is 0 Å². The highest BCUT2D eigenvalue weighted by atomic mass is 32.2. The van der Waals surface area contributed by atoms with Gasteiger partial charge < -0.3 is 0 Å². The Hall–Kier alpha value is -1.10. The number of halogens is 2. The minimum atomic E-state index is -4.19. The number of rotatable bonds is 4. The first kappa shape index (κ1) is 17.3. The third kappa shape index (κ3) is 4.00. The first-order chi connectivity index (χ1) is 10.1. The van der Waals surface area contributed by atoms with Crippen LogP contribution in [0.5, 0.6) is 0 Å². The third-order valence-corrected chi connectivity index (χ3v) is 6.18. The minimum Gasteiger partial charge on any atom is -0.213 e. The van der Waals surface area contributed by atoms with Gasteiger partial charge in [-0.15, -0.1) is 0 Å². The van der Waals surface area contributed by atoms with Crippen LogP contribution in [0.3, 0.4) is 0 Å². The van der Waals surface area contributed by atoms with Crippen molar-refractivity contribution in [1.29, 1.82) is 0 Å². The fourth-order valence-corrected chi connectivity index (χ4v) is 4.55. The molecule has 6 nitrogen and oxygen atoms in total. The molecule has 2 rings (SSSR count). The van der Waals surface area contributed by atoms with E-state index < -0.39 is 42.6 Å². The van der Waals surface area contributed by atoms with E-state index in [9.17, 15) is 25.6 Å². The van der Waals surface area contributed by atoms with Gasteiger partial charge in [0.1, 0.15) is 16.5 Å². The highest BCUT2D eigenvalue weighted by molar-refractivity contribution is 7.89. The lowest BCUT2D eigenvalue weighted by Crippen LogP contribution is -2.49. The maximum atomic E-state index is 13.6. The Labute approximate surface area is 128 Å². The van der Waals surface area contributed by atoms with E-state index in [1.54, 1.807) is 0 Å². The van der Waals surface area contributed by atoms with Crippen LogP contribution in [0.2, 0.25) is 0 Å². The summed E-state index contributed by atoms with van der Waals surface area (Å²) in [5, 5.41) is 0. The summed E-state index contributed by atoms with van der Waals surface area (Å²) in [7, 11) is -7.61. The molecule has 1 heterocycles. The van der Waals surface area contributed by atoms with E-state index in [0.29, 0.717) is 25.5 Å². The Morgan fingerprint density at radius 2 is 1.91 bits per heavy atom. The van der Waals surface area contributed by atoms with Crippen LogP contribution < -0.4 is 4.72 Å². The normalized spacial score (nSPS) is 21.0. The topological polar surface area (TPSA) is 83.6 Å². The molecular weight excluding hydrogens is 338 g/mol. The fraction of sp³-hybridized carbons (Fsp3) is 0.500. The second-order valence-corrected chi connectivity index (χ2v) is 8.82. The Balaban J connectivity index is 2.18. The van der Waals surface area contributed by atoms with Gasteiger partial charge in [-0.05, 0) is 25.0 Å². The minimum absolute atomic E-state index is 0.0130. The van der Waals surface area contributed by atoms with Crippen molar-refractivity contribution in [3.8, 4) is 0 Å². The molecule has 0 spiro atoms. The molecule has 1 atom stereocenters. The number of hydrogen-bond donors (Lipinski definition) is 1. The van der Waals surface area contributed by atoms with Crippen LogP contribution in [-0.4, -0.2) is 46.5 Å². The zero-order chi connectivity index (χ0) is 16.5. The summed E-state index contributed by atoms with van der Waals surface area (Å²) in [6.07, 6.45) is 1.98. The van der Waals surface area contributed by atoms with Crippen molar-refractivity contribution in [2.45, 2.75) is 23.8 Å². The van der Waals surface area contributed by atoms with Crippen molar-refractivity contribution in [1.82, 2.24) is 9.03 Å². The molecule has 1 fully saturated rings. The summed E-state index contributed by atoms with van der Waals surface area (Å²) in [5.41, 5.74) is 0. The van der Waals surface area contributed by atoms with Crippen molar-refractivity contribution in [2.24, 2.45) is 0 Å². The summed E-state index contributed by atoms with van der Waals surface area (Å²) in [4.78, 5) is -0.662. The molecule has 1 unspecified atom stereocenters. The van der Waals surface area contributed by atoms with E-state index >= 15 is 0 Å². The lowest BCUT2D eigenvalue weighted by molar-refractivity contribution is 0.305. The first-order valence-corrected chi connectivity index (χ1v) is 9.85. The molecule has 0 aromatic heterocycles. The maximum absolute atomic E-state index is 13.6. The number of hydrogen-bond acceptors (Lipinski definition) is 4. The van der Waals surface area contributed by atoms with Gasteiger partial charge in [0, 0.05) is 25.2 Å². The third-order valence-electron chi connectivity index (χ3n) is 3.36. The maximum Gasteiger partial charge on any atom is 0.243 e. The van der Waals surface area contributed by atoms with E-state index in [2.05, 4.69) is 4.72 Å². The Morgan fingerprint density at radius 1 is 1.23 bits per heavy atom. The molecule has 1 saturated heterocycles. The van der Waals surface area contributed by atoms with Gasteiger partial charge in [-0.25, -0.2) is 34.6 Å². The number of piperidine rings is 1. The number of sulfonamides is 2. The average molecular weight is 354 g/mol. The second kappa shape index (κ2) is 6.19. The van der Waals surface area contributed by atoms with Crippen LogP contribution in [0.25, 0.3) is 0 Å². The highest BCUT2D eigenvalue weighted by Gasteiger charge is 2.30. The fourth-order valence-electron chi connectivity index (χ4n) is 2.32. The Morgan fingerprint density at radius 3 is 2.50 bits per heavy atom. The summed E-state index contributed by atoms with van der Waals surface area (Å²) in [5.74, 6) is -2.07. The van der Waals surface area contributed by atoms with Gasteiger partial charge in [-0.1, -0.05) is 0 Å². The summed E-state index contributed by atoms with van der Waals surface area (Å²) < 4.78 is 77.2. The van der Waals surface area contributed by atoms with Crippen LogP contribution in [0.4, 0.5) is 8.78 Å². The van der Waals surface area contributed by atoms with E-state index in [-0.39, 0.29) is 6.54 Å². The van der Waals surface area contributed by atoms with Crippen LogP contribution in [0, 0.1) is 11.6 Å². The molecule has 124 valence electrons. The molecule has 10 heteroatoms. The molecule has 0 bridgehead atoms. The van der Waals surface area contributed by atoms with Gasteiger partial charge in [0.25, 0.3) is 0 Å². The van der Waals surface area contributed by atoms with E-state index in [0.717, 1.165) is 18.4 Å². The van der Waals surface area contributed by atoms with Gasteiger partial charge in [-0.2, -0.15) is 0 Å². The molecule has 0 saturated carbocycles. The molecule has 0 aliphatic carbocycles. The molecular formula is C12H16F2N2O4S2. The molecule has 0 amide bonds. The smallest absolute Gasteiger partial charge is 0.213 e. The van der Waals surface area contributed by atoms with E-state index in [1.165, 1.54) is 4.31 Å². The SMILES string of the molecule is CS(=O)(=O)N1CCCC(NS(=O)(=O)c2ccc(F)cc2F)C1. The van der Waals surface area contributed by atoms with Gasteiger partial charge in [0.15, 0.2) is 0 Å². The molecule has 1 aliphatic heterocycles. The highest BCUT2D eigenvalue weighted by Crippen LogP contribution is 2.19. The molecule has 1 aliphatic rings. The lowest BCUT2D eigenvalue weighted by Gasteiger charge is -2.31. The largest absolute Gasteiger partial charge is 0.243 e. The van der Waals surface area contributed by atoms with Crippen LogP contribution >= 0.6 is 0 Å². The van der Waals surface area contributed by atoms with Gasteiger partial charge in [-0.3, -0.25) is 0 Å². The predicted molar refractivity (Wildman–Crippen MR) is 76.1 cm³/mol. The van der Waals surface area contributed by atoms with Gasteiger partial charge in [0.05, 0.1) is 6.26 Å². The summed E-state index contributed by atoms with van der Waals surface area (Å²) >= 11 is 0. The Bertz CT molecular complexity index is 765.